The van der Waals surface area contributed by atoms with Gasteiger partial charge in [0.25, 0.3) is 5.91 Å². The van der Waals surface area contributed by atoms with E-state index in [1.807, 2.05) is 29.8 Å². The fraction of sp³-hybridized carbons (Fsp3) is 0.571. The molecule has 1 fully saturated rings. The second-order valence-corrected chi connectivity index (χ2v) is 7.56. The van der Waals surface area contributed by atoms with Gasteiger partial charge in [-0.05, 0) is 18.9 Å². The number of nitrogens with one attached hydrogen (secondary N) is 1. The standard InChI is InChI=1S/C14H20N2O3S/c1-3-12-5-4-11(2)16(8-12)9-14(17)15-13-6-7-20(18,19)10-13/h4-5,8,13H,3,6-7,9-10H2,1-2H3/p+1/t13-/m1/s1. The SMILES string of the molecule is CCc1ccc(C)[n+](CC(=O)N[C@@H]2CCS(=O)(=O)C2)c1. The zero-order chi connectivity index (χ0) is 14.8. The molecule has 1 aliphatic heterocycles. The highest BCUT2D eigenvalue weighted by atomic mass is 32.2. The molecule has 1 aromatic heterocycles. The van der Waals surface area contributed by atoms with Crippen molar-refractivity contribution in [1.29, 1.82) is 0 Å². The molecule has 1 N–H and O–H groups in total. The molecule has 6 heteroatoms. The van der Waals surface area contributed by atoms with Gasteiger partial charge in [-0.15, -0.1) is 0 Å². The summed E-state index contributed by atoms with van der Waals surface area (Å²) in [5.41, 5.74) is 2.18. The summed E-state index contributed by atoms with van der Waals surface area (Å²) in [4.78, 5) is 12.0. The summed E-state index contributed by atoms with van der Waals surface area (Å²) in [6.45, 7) is 4.25. The molecule has 0 radical (unpaired) electrons. The average Bonchev–Trinajstić information content (AvgIpc) is 2.71. The normalized spacial score (nSPS) is 20.8. The molecule has 0 aromatic carbocycles. The van der Waals surface area contributed by atoms with Crippen LogP contribution >= 0.6 is 0 Å². The van der Waals surface area contributed by atoms with Crippen molar-refractivity contribution in [2.24, 2.45) is 0 Å². The van der Waals surface area contributed by atoms with Gasteiger partial charge in [0.2, 0.25) is 6.54 Å². The maximum absolute atomic E-state index is 12.0. The van der Waals surface area contributed by atoms with Gasteiger partial charge in [-0.1, -0.05) is 6.92 Å². The minimum absolute atomic E-state index is 0.0669. The minimum Gasteiger partial charge on any atom is -0.347 e. The number of carbonyl (C=O) groups excluding carboxylic acids is 1. The summed E-state index contributed by atoms with van der Waals surface area (Å²) in [6, 6.07) is 3.81. The third-order valence-corrected chi connectivity index (χ3v) is 5.40. The predicted octanol–water partition coefficient (Wildman–Crippen LogP) is 0.148. The number of nitrogens with zero attached hydrogens (tertiary/aromatic N) is 1. The Morgan fingerprint density at radius 2 is 2.20 bits per heavy atom. The third-order valence-electron chi connectivity index (χ3n) is 3.63. The fourth-order valence-electron chi connectivity index (χ4n) is 2.38. The summed E-state index contributed by atoms with van der Waals surface area (Å²) < 4.78 is 24.6. The molecule has 2 heterocycles. The first-order valence-corrected chi connectivity index (χ1v) is 8.70. The molecule has 1 amide bonds. The van der Waals surface area contributed by atoms with Crippen LogP contribution in [0.5, 0.6) is 0 Å². The Morgan fingerprint density at radius 1 is 1.45 bits per heavy atom. The van der Waals surface area contributed by atoms with Crippen LogP contribution in [0, 0.1) is 6.92 Å². The molecule has 20 heavy (non-hydrogen) atoms. The second-order valence-electron chi connectivity index (χ2n) is 5.33. The Hall–Kier alpha value is -1.43. The summed E-state index contributed by atoms with van der Waals surface area (Å²) >= 11 is 0. The van der Waals surface area contributed by atoms with E-state index in [-0.39, 0.29) is 30.0 Å². The lowest BCUT2D eigenvalue weighted by Crippen LogP contribution is -2.47. The lowest BCUT2D eigenvalue weighted by molar-refractivity contribution is -0.690. The number of sulfone groups is 1. The molecule has 0 bridgehead atoms. The van der Waals surface area contributed by atoms with Crippen LogP contribution in [0.2, 0.25) is 0 Å². The van der Waals surface area contributed by atoms with E-state index in [4.69, 9.17) is 0 Å². The Bertz CT molecular complexity index is 611. The van der Waals surface area contributed by atoms with Gasteiger partial charge < -0.3 is 5.32 Å². The van der Waals surface area contributed by atoms with E-state index in [0.717, 1.165) is 12.1 Å². The van der Waals surface area contributed by atoms with Crippen molar-refractivity contribution in [3.8, 4) is 0 Å². The molecular formula is C14H21N2O3S+. The molecule has 1 aliphatic rings. The molecule has 110 valence electrons. The number of pyridine rings is 1. The maximum Gasteiger partial charge on any atom is 0.286 e. The van der Waals surface area contributed by atoms with E-state index in [9.17, 15) is 13.2 Å². The number of carbonyl (C=O) groups is 1. The largest absolute Gasteiger partial charge is 0.347 e. The van der Waals surface area contributed by atoms with Crippen LogP contribution in [-0.4, -0.2) is 31.9 Å². The van der Waals surface area contributed by atoms with Crippen LogP contribution in [0.25, 0.3) is 0 Å². The monoisotopic (exact) mass is 297 g/mol. The molecule has 0 aliphatic carbocycles. The first kappa shape index (κ1) is 15.0. The van der Waals surface area contributed by atoms with E-state index < -0.39 is 9.84 Å². The average molecular weight is 297 g/mol. The van der Waals surface area contributed by atoms with Crippen molar-refractivity contribution in [2.75, 3.05) is 11.5 Å². The first-order valence-electron chi connectivity index (χ1n) is 6.88. The van der Waals surface area contributed by atoms with Gasteiger partial charge in [0.15, 0.2) is 21.7 Å². The predicted molar refractivity (Wildman–Crippen MR) is 76.0 cm³/mol. The maximum atomic E-state index is 12.0. The zero-order valence-electron chi connectivity index (χ0n) is 11.9. The Kier molecular flexibility index (Phi) is 4.42. The highest BCUT2D eigenvalue weighted by molar-refractivity contribution is 7.91. The van der Waals surface area contributed by atoms with Crippen LogP contribution in [0.15, 0.2) is 18.3 Å². The number of aromatic nitrogens is 1. The van der Waals surface area contributed by atoms with Crippen LogP contribution in [0.4, 0.5) is 0 Å². The topological polar surface area (TPSA) is 67.1 Å². The number of rotatable bonds is 4. The summed E-state index contributed by atoms with van der Waals surface area (Å²) in [6.07, 6.45) is 3.41. The van der Waals surface area contributed by atoms with E-state index in [1.54, 1.807) is 0 Å². The van der Waals surface area contributed by atoms with Crippen molar-refractivity contribution >= 4 is 15.7 Å². The number of hydrogen-bond acceptors (Lipinski definition) is 3. The lowest BCUT2D eigenvalue weighted by atomic mass is 10.2. The van der Waals surface area contributed by atoms with Gasteiger partial charge in [0, 0.05) is 24.6 Å². The fourth-order valence-corrected chi connectivity index (χ4v) is 4.06. The number of hydrogen-bond donors (Lipinski definition) is 1. The molecular weight excluding hydrogens is 276 g/mol. The summed E-state index contributed by atoms with van der Waals surface area (Å²) in [7, 11) is -2.95. The smallest absolute Gasteiger partial charge is 0.286 e. The quantitative estimate of drug-likeness (QED) is 0.804. The van der Waals surface area contributed by atoms with E-state index in [0.29, 0.717) is 6.42 Å². The molecule has 1 atom stereocenters. The number of amides is 1. The van der Waals surface area contributed by atoms with E-state index in [2.05, 4.69) is 12.2 Å². The van der Waals surface area contributed by atoms with Crippen molar-refractivity contribution < 1.29 is 17.8 Å². The highest BCUT2D eigenvalue weighted by Gasteiger charge is 2.29. The summed E-state index contributed by atoms with van der Waals surface area (Å²) in [5, 5.41) is 2.81. The zero-order valence-corrected chi connectivity index (χ0v) is 12.7. The van der Waals surface area contributed by atoms with Crippen LogP contribution in [0.1, 0.15) is 24.6 Å². The lowest BCUT2D eigenvalue weighted by Gasteiger charge is -2.09. The van der Waals surface area contributed by atoms with Crippen LogP contribution in [-0.2, 0) is 27.6 Å². The summed E-state index contributed by atoms with van der Waals surface area (Å²) in [5.74, 6) is 0.112. The van der Waals surface area contributed by atoms with Crippen LogP contribution < -0.4 is 9.88 Å². The van der Waals surface area contributed by atoms with Gasteiger partial charge in [0.05, 0.1) is 11.5 Å². The molecule has 0 unspecified atom stereocenters. The number of aryl methyl sites for hydroxylation is 2. The Morgan fingerprint density at radius 3 is 2.80 bits per heavy atom. The first-order chi connectivity index (χ1) is 9.39. The van der Waals surface area contributed by atoms with E-state index >= 15 is 0 Å². The Labute approximate surface area is 119 Å². The van der Waals surface area contributed by atoms with Gasteiger partial charge in [-0.3, -0.25) is 4.79 Å². The molecule has 5 nitrogen and oxygen atoms in total. The molecule has 1 aromatic rings. The van der Waals surface area contributed by atoms with E-state index in [1.165, 1.54) is 5.56 Å². The van der Waals surface area contributed by atoms with Gasteiger partial charge >= 0.3 is 0 Å². The van der Waals surface area contributed by atoms with Crippen molar-refractivity contribution in [3.63, 3.8) is 0 Å². The van der Waals surface area contributed by atoms with Crippen molar-refractivity contribution in [2.45, 2.75) is 39.3 Å². The second kappa shape index (κ2) is 5.91. The van der Waals surface area contributed by atoms with Crippen molar-refractivity contribution in [1.82, 2.24) is 5.32 Å². The molecule has 1 saturated heterocycles. The van der Waals surface area contributed by atoms with Crippen LogP contribution in [0.3, 0.4) is 0 Å². The molecule has 0 saturated carbocycles. The minimum atomic E-state index is -2.95. The van der Waals surface area contributed by atoms with Crippen molar-refractivity contribution in [3.05, 3.63) is 29.6 Å². The van der Waals surface area contributed by atoms with Gasteiger partial charge in [0.1, 0.15) is 0 Å². The van der Waals surface area contributed by atoms with Gasteiger partial charge in [-0.25, -0.2) is 8.42 Å². The highest BCUT2D eigenvalue weighted by Crippen LogP contribution is 2.10. The molecule has 2 rings (SSSR count). The van der Waals surface area contributed by atoms with Gasteiger partial charge in [-0.2, -0.15) is 4.57 Å². The third kappa shape index (κ3) is 3.79. The Balaban J connectivity index is 1.98. The molecule has 0 spiro atoms.